The highest BCUT2D eigenvalue weighted by atomic mass is 35.5. The topological polar surface area (TPSA) is 251 Å². The van der Waals surface area contributed by atoms with Gasteiger partial charge in [0.05, 0.1) is 103 Å². The van der Waals surface area contributed by atoms with Crippen molar-refractivity contribution in [3.05, 3.63) is 131 Å². The number of anilines is 5. The molecule has 24 heteroatoms. The maximum Gasteiger partial charge on any atom is 0.319 e. The molecule has 2 aliphatic rings. The molecule has 494 valence electrons. The summed E-state index contributed by atoms with van der Waals surface area (Å²) in [5.74, 6) is -0.418. The second-order valence-corrected chi connectivity index (χ2v) is 23.1. The lowest BCUT2D eigenvalue weighted by molar-refractivity contribution is -0.137. The van der Waals surface area contributed by atoms with Crippen LogP contribution >= 0.6 is 11.6 Å². The lowest BCUT2D eigenvalue weighted by Crippen LogP contribution is -2.52. The van der Waals surface area contributed by atoms with Crippen molar-refractivity contribution in [3.8, 4) is 17.0 Å². The van der Waals surface area contributed by atoms with Gasteiger partial charge in [-0.1, -0.05) is 74.2 Å². The molecule has 0 spiro atoms. The molecule has 1 atom stereocenters. The maximum atomic E-state index is 13.0. The Morgan fingerprint density at radius 2 is 1.42 bits per heavy atom. The lowest BCUT2D eigenvalue weighted by atomic mass is 10.0. The van der Waals surface area contributed by atoms with Gasteiger partial charge < -0.3 is 73.7 Å². The van der Waals surface area contributed by atoms with E-state index in [1.165, 1.54) is 11.0 Å². The van der Waals surface area contributed by atoms with E-state index in [1.807, 2.05) is 69.7 Å². The predicted octanol–water partition coefficient (Wildman–Crippen LogP) is 9.30. The van der Waals surface area contributed by atoms with Gasteiger partial charge in [-0.2, -0.15) is 0 Å². The van der Waals surface area contributed by atoms with E-state index in [1.54, 1.807) is 31.5 Å². The van der Waals surface area contributed by atoms with Crippen LogP contribution in [0.25, 0.3) is 22.2 Å². The fourth-order valence-electron chi connectivity index (χ4n) is 10.8. The molecular weight excluding hydrogens is 1200 g/mol. The molecule has 2 aromatic heterocycles. The summed E-state index contributed by atoms with van der Waals surface area (Å²) in [6, 6.07) is 23.7. The number of halogens is 1. The second-order valence-electron chi connectivity index (χ2n) is 22.6. The number of ether oxygens (including phenoxy) is 7. The summed E-state index contributed by atoms with van der Waals surface area (Å²) in [5, 5.41) is 16.0. The van der Waals surface area contributed by atoms with Crippen LogP contribution in [-0.4, -0.2) is 180 Å². The molecule has 2 aliphatic heterocycles. The minimum Gasteiger partial charge on any atom is -0.494 e. The van der Waals surface area contributed by atoms with E-state index < -0.39 is 11.9 Å². The van der Waals surface area contributed by atoms with Crippen LogP contribution in [0.1, 0.15) is 78.4 Å². The lowest BCUT2D eigenvalue weighted by Gasteiger charge is -2.29. The Kier molecular flexibility index (Phi) is 28.0. The minimum absolute atomic E-state index is 0.195. The molecule has 5 N–H and O–H groups in total. The van der Waals surface area contributed by atoms with E-state index in [9.17, 15) is 24.0 Å². The van der Waals surface area contributed by atoms with Crippen molar-refractivity contribution in [3.63, 3.8) is 0 Å². The Bertz CT molecular complexity index is 3420. The SMILES string of the molecule is C=CC(=O)Nc1cc(Nc2nccc(-c3cn(C)c4ccccc34)n2)c(OC)cc1N(C)CCN(C)CCOCCOCCOCCOCCOCCOCCCCCCCCc1cc(Cl)cc(NC(=O)NCc2ccc3c(c2)CN(C2CCC(=O)NC2=O)C3=O)c1. The first kappa shape index (κ1) is 69.9. The summed E-state index contributed by atoms with van der Waals surface area (Å²) in [6.07, 6.45) is 12.8. The van der Waals surface area contributed by atoms with Crippen molar-refractivity contribution in [2.75, 3.05) is 141 Å². The Labute approximate surface area is 543 Å². The van der Waals surface area contributed by atoms with Crippen molar-refractivity contribution in [1.29, 1.82) is 0 Å². The number of imide groups is 1. The van der Waals surface area contributed by atoms with Crippen LogP contribution in [0, 0.1) is 0 Å². The van der Waals surface area contributed by atoms with Gasteiger partial charge in [0.2, 0.25) is 23.7 Å². The molecule has 0 radical (unpaired) electrons. The number of aromatic nitrogens is 3. The molecule has 1 unspecified atom stereocenters. The molecular formula is C68H88ClN11O12. The zero-order valence-electron chi connectivity index (χ0n) is 53.4. The van der Waals surface area contributed by atoms with E-state index in [4.69, 9.17) is 49.7 Å². The number of hydrogen-bond acceptors (Lipinski definition) is 17. The number of benzene rings is 4. The Morgan fingerprint density at radius 3 is 2.13 bits per heavy atom. The molecule has 23 nitrogen and oxygen atoms in total. The highest BCUT2D eigenvalue weighted by Gasteiger charge is 2.39. The fourth-order valence-corrected chi connectivity index (χ4v) is 11.1. The van der Waals surface area contributed by atoms with Gasteiger partial charge in [-0.25, -0.2) is 14.8 Å². The number of likely N-dealkylation sites (N-methyl/N-ethyl adjacent to an activating group) is 2. The number of carbonyl (C=O) groups excluding carboxylic acids is 5. The van der Waals surface area contributed by atoms with Crippen molar-refractivity contribution < 1.29 is 57.1 Å². The highest BCUT2D eigenvalue weighted by Crippen LogP contribution is 2.39. The molecule has 92 heavy (non-hydrogen) atoms. The van der Waals surface area contributed by atoms with Gasteiger partial charge in [0.15, 0.2) is 0 Å². The molecule has 6 amide bonds. The number of methoxy groups -OCH3 is 1. The highest BCUT2D eigenvalue weighted by molar-refractivity contribution is 6.31. The van der Waals surface area contributed by atoms with Gasteiger partial charge in [-0.05, 0) is 98.0 Å². The zero-order valence-corrected chi connectivity index (χ0v) is 54.1. The number of nitrogens with one attached hydrogen (secondary N) is 5. The van der Waals surface area contributed by atoms with Crippen LogP contribution in [0.15, 0.2) is 104 Å². The molecule has 4 aromatic carbocycles. The number of piperidine rings is 1. The molecule has 4 heterocycles. The summed E-state index contributed by atoms with van der Waals surface area (Å²) < 4.78 is 42.1. The third-order valence-electron chi connectivity index (χ3n) is 15.8. The standard InChI is InChI=1S/C68H88ClN11O12/c1-6-63(81)73-57-43-58(75-67-70-23-22-56(74-67)55-47-79(4)59-17-13-12-16-54(55)59)62(86-5)44-61(57)78(3)25-24-77(2)26-28-88-30-32-90-34-36-92-38-37-91-35-33-89-31-29-87-27-14-10-8-7-9-11-15-48-40-51(69)42-52(41-48)72-68(85)71-45-49-18-19-53-50(39-49)46-80(66(53)84)60-20-21-64(82)76-65(60)83/h6,12-13,16-19,22-23,39-44,47,60H,1,7-11,14-15,20-21,24-38,45-46H2,2-5H3,(H,73,81)(H,70,74,75)(H2,71,72,85)(H,76,82,83). The molecule has 8 rings (SSSR count). The number of aryl methyl sites for hydroxylation is 2. The first-order valence-corrected chi connectivity index (χ1v) is 31.9. The Balaban J connectivity index is 0.574. The van der Waals surface area contributed by atoms with E-state index in [0.717, 1.165) is 103 Å². The Hall–Kier alpha value is -8.00. The van der Waals surface area contributed by atoms with E-state index in [0.29, 0.717) is 132 Å². The van der Waals surface area contributed by atoms with Gasteiger partial charge in [0.25, 0.3) is 5.91 Å². The fraction of sp³-hybridized carbons (Fsp3) is 0.456. The third-order valence-corrected chi connectivity index (χ3v) is 16.0. The van der Waals surface area contributed by atoms with Crippen LogP contribution in [0.2, 0.25) is 5.02 Å². The van der Waals surface area contributed by atoms with Gasteiger partial charge >= 0.3 is 6.03 Å². The van der Waals surface area contributed by atoms with E-state index >= 15 is 0 Å². The van der Waals surface area contributed by atoms with Gasteiger partial charge in [0.1, 0.15) is 11.8 Å². The number of urea groups is 1. The van der Waals surface area contributed by atoms with E-state index in [2.05, 4.69) is 70.8 Å². The number of para-hydroxylation sites is 1. The first-order chi connectivity index (χ1) is 44.8. The largest absolute Gasteiger partial charge is 0.494 e. The molecule has 0 saturated carbocycles. The third kappa shape index (κ3) is 21.6. The number of fused-ring (bicyclic) bond motifs is 2. The predicted molar refractivity (Wildman–Crippen MR) is 356 cm³/mol. The van der Waals surface area contributed by atoms with Crippen LogP contribution in [0.4, 0.5) is 33.5 Å². The Morgan fingerprint density at radius 1 is 0.739 bits per heavy atom. The van der Waals surface area contributed by atoms with Crippen LogP contribution in [0.5, 0.6) is 5.75 Å². The smallest absolute Gasteiger partial charge is 0.319 e. The molecule has 1 saturated heterocycles. The molecule has 6 aromatic rings. The number of hydrogen-bond donors (Lipinski definition) is 5. The number of amides is 6. The van der Waals surface area contributed by atoms with Gasteiger partial charge in [0, 0.05) is 111 Å². The van der Waals surface area contributed by atoms with Crippen LogP contribution in [-0.2, 0) is 69.4 Å². The van der Waals surface area contributed by atoms with Gasteiger partial charge in [-0.3, -0.25) is 24.5 Å². The average molecular weight is 1290 g/mol. The average Bonchev–Trinajstić information content (AvgIpc) is 1.63. The zero-order chi connectivity index (χ0) is 65.0. The summed E-state index contributed by atoms with van der Waals surface area (Å²) >= 11 is 6.43. The molecule has 0 bridgehead atoms. The number of unbranched alkanes of at least 4 members (excludes halogenated alkanes) is 5. The quantitative estimate of drug-likeness (QED) is 0.0136. The summed E-state index contributed by atoms with van der Waals surface area (Å²) in [4.78, 5) is 77.6. The summed E-state index contributed by atoms with van der Waals surface area (Å²) in [6.45, 7) is 12.4. The number of carbonyl (C=O) groups is 5. The van der Waals surface area contributed by atoms with Crippen molar-refractivity contribution >= 4 is 80.9 Å². The maximum absolute atomic E-state index is 13.0. The van der Waals surface area contributed by atoms with E-state index in [-0.39, 0.29) is 43.3 Å². The second kappa shape index (κ2) is 36.9. The van der Waals surface area contributed by atoms with Crippen molar-refractivity contribution in [1.82, 2.24) is 35.0 Å². The van der Waals surface area contributed by atoms with Crippen LogP contribution < -0.4 is 36.2 Å². The van der Waals surface area contributed by atoms with Crippen LogP contribution in [0.3, 0.4) is 0 Å². The number of rotatable bonds is 41. The summed E-state index contributed by atoms with van der Waals surface area (Å²) in [7, 11) is 7.63. The normalized spacial score (nSPS) is 13.8. The van der Waals surface area contributed by atoms with Gasteiger partial charge in [-0.15, -0.1) is 0 Å². The summed E-state index contributed by atoms with van der Waals surface area (Å²) in [5.41, 5.74) is 8.58. The molecule has 0 aliphatic carbocycles. The first-order valence-electron chi connectivity index (χ1n) is 31.5. The molecule has 1 fully saturated rings. The van der Waals surface area contributed by atoms with Crippen molar-refractivity contribution in [2.24, 2.45) is 7.05 Å². The minimum atomic E-state index is -0.680. The number of nitrogens with zero attached hydrogens (tertiary/aromatic N) is 6. The van der Waals surface area contributed by atoms with Crippen molar-refractivity contribution in [2.45, 2.75) is 76.9 Å². The monoisotopic (exact) mass is 1290 g/mol.